The number of carbonyl (C=O) groups excluding carboxylic acids is 1. The number of aryl methyl sites for hydroxylation is 1. The molecule has 0 saturated heterocycles. The standard InChI is InChI=1S/C26H30N2O6/c1-5-6-16(2)15-34-25-24(31)19-10-9-18(14-20(19)28(3)26(25)32)27-23(30)12-8-17-7-11-21(29)22(13-17)33-4/h7-14,16,29,31H,5-6,15H2,1-4H3,(H,27,30). The molecule has 3 rings (SSSR count). The first-order valence-corrected chi connectivity index (χ1v) is 11.1. The number of rotatable bonds is 9. The predicted octanol–water partition coefficient (Wildman–Crippen LogP) is 4.43. The molecular weight excluding hydrogens is 436 g/mol. The Kier molecular flexibility index (Phi) is 7.83. The number of phenols is 1. The Hall–Kier alpha value is -3.94. The minimum absolute atomic E-state index is 0.0122. The van der Waals surface area contributed by atoms with E-state index in [0.717, 1.165) is 12.8 Å². The van der Waals surface area contributed by atoms with Crippen LogP contribution in [0.3, 0.4) is 0 Å². The van der Waals surface area contributed by atoms with Crippen LogP contribution in [-0.4, -0.2) is 34.4 Å². The van der Waals surface area contributed by atoms with E-state index in [-0.39, 0.29) is 29.1 Å². The van der Waals surface area contributed by atoms with Crippen LogP contribution in [0.1, 0.15) is 32.3 Å². The Labute approximate surface area is 198 Å². The average molecular weight is 467 g/mol. The maximum atomic E-state index is 12.8. The molecule has 1 heterocycles. The first-order valence-electron chi connectivity index (χ1n) is 11.1. The normalized spacial score (nSPS) is 12.1. The summed E-state index contributed by atoms with van der Waals surface area (Å²) in [5.74, 6) is -0.0782. The van der Waals surface area contributed by atoms with Crippen LogP contribution in [0.15, 0.2) is 47.3 Å². The third-order valence-electron chi connectivity index (χ3n) is 5.52. The van der Waals surface area contributed by atoms with Crippen molar-refractivity contribution in [2.24, 2.45) is 13.0 Å². The van der Waals surface area contributed by atoms with Crippen molar-refractivity contribution in [1.29, 1.82) is 0 Å². The first kappa shape index (κ1) is 24.7. The highest BCUT2D eigenvalue weighted by molar-refractivity contribution is 6.03. The highest BCUT2D eigenvalue weighted by atomic mass is 16.5. The SMILES string of the molecule is CCCC(C)COc1c(O)c2ccc(NC(=O)C=Cc3ccc(O)c(OC)c3)cc2n(C)c1=O. The number of phenolic OH excluding ortho intramolecular Hbond substituents is 1. The van der Waals surface area contributed by atoms with Gasteiger partial charge in [0.05, 0.1) is 19.2 Å². The molecule has 180 valence electrons. The van der Waals surface area contributed by atoms with Crippen LogP contribution >= 0.6 is 0 Å². The van der Waals surface area contributed by atoms with Gasteiger partial charge in [-0.05, 0) is 54.3 Å². The summed E-state index contributed by atoms with van der Waals surface area (Å²) in [5.41, 5.74) is 1.15. The lowest BCUT2D eigenvalue weighted by Crippen LogP contribution is -2.22. The van der Waals surface area contributed by atoms with E-state index in [1.54, 1.807) is 43.5 Å². The third kappa shape index (κ3) is 5.51. The van der Waals surface area contributed by atoms with Gasteiger partial charge in [-0.25, -0.2) is 0 Å². The van der Waals surface area contributed by atoms with E-state index in [9.17, 15) is 19.8 Å². The second-order valence-corrected chi connectivity index (χ2v) is 8.23. The Balaban J connectivity index is 1.81. The minimum atomic E-state index is -0.446. The Morgan fingerprint density at radius 1 is 1.21 bits per heavy atom. The molecule has 0 saturated carbocycles. The lowest BCUT2D eigenvalue weighted by molar-refractivity contribution is -0.111. The number of carbonyl (C=O) groups is 1. The summed E-state index contributed by atoms with van der Waals surface area (Å²) in [7, 11) is 3.04. The van der Waals surface area contributed by atoms with Gasteiger partial charge >= 0.3 is 0 Å². The summed E-state index contributed by atoms with van der Waals surface area (Å²) in [6.07, 6.45) is 4.91. The largest absolute Gasteiger partial charge is 0.504 e. The molecule has 0 bridgehead atoms. The van der Waals surface area contributed by atoms with Gasteiger partial charge in [0.25, 0.3) is 5.56 Å². The maximum Gasteiger partial charge on any atom is 0.297 e. The summed E-state index contributed by atoms with van der Waals surface area (Å²) in [6.45, 7) is 4.46. The molecule has 1 unspecified atom stereocenters. The van der Waals surface area contributed by atoms with Crippen molar-refractivity contribution in [2.45, 2.75) is 26.7 Å². The fourth-order valence-electron chi connectivity index (χ4n) is 3.66. The number of methoxy groups -OCH3 is 1. The van der Waals surface area contributed by atoms with E-state index in [2.05, 4.69) is 12.2 Å². The summed E-state index contributed by atoms with van der Waals surface area (Å²) >= 11 is 0. The van der Waals surface area contributed by atoms with E-state index >= 15 is 0 Å². The van der Waals surface area contributed by atoms with Gasteiger partial charge < -0.3 is 29.6 Å². The number of pyridine rings is 1. The van der Waals surface area contributed by atoms with Crippen LogP contribution in [0.5, 0.6) is 23.0 Å². The number of aromatic hydroxyl groups is 2. The molecule has 0 spiro atoms. The van der Waals surface area contributed by atoms with Gasteiger partial charge in [-0.15, -0.1) is 0 Å². The molecule has 1 aromatic heterocycles. The molecule has 0 radical (unpaired) electrons. The summed E-state index contributed by atoms with van der Waals surface area (Å²) in [5, 5.41) is 23.5. The number of aromatic nitrogens is 1. The molecule has 0 aliphatic rings. The van der Waals surface area contributed by atoms with Crippen molar-refractivity contribution in [3.63, 3.8) is 0 Å². The fraction of sp³-hybridized carbons (Fsp3) is 0.308. The number of benzene rings is 2. The van der Waals surface area contributed by atoms with Gasteiger partial charge in [-0.2, -0.15) is 0 Å². The van der Waals surface area contributed by atoms with E-state index < -0.39 is 5.56 Å². The minimum Gasteiger partial charge on any atom is -0.504 e. The summed E-state index contributed by atoms with van der Waals surface area (Å²) in [6, 6.07) is 9.64. The van der Waals surface area contributed by atoms with Crippen molar-refractivity contribution in [3.8, 4) is 23.0 Å². The zero-order valence-corrected chi connectivity index (χ0v) is 19.8. The monoisotopic (exact) mass is 466 g/mol. The summed E-state index contributed by atoms with van der Waals surface area (Å²) < 4.78 is 12.1. The number of hydrogen-bond donors (Lipinski definition) is 3. The number of fused-ring (bicyclic) bond motifs is 1. The Morgan fingerprint density at radius 2 is 1.97 bits per heavy atom. The molecule has 1 amide bonds. The number of nitrogens with zero attached hydrogens (tertiary/aromatic N) is 1. The van der Waals surface area contributed by atoms with Gasteiger partial charge in [0, 0.05) is 24.2 Å². The van der Waals surface area contributed by atoms with E-state index in [4.69, 9.17) is 9.47 Å². The third-order valence-corrected chi connectivity index (χ3v) is 5.52. The van der Waals surface area contributed by atoms with Crippen LogP contribution in [-0.2, 0) is 11.8 Å². The number of anilines is 1. The second-order valence-electron chi connectivity index (χ2n) is 8.23. The van der Waals surface area contributed by atoms with Crippen molar-refractivity contribution in [1.82, 2.24) is 4.57 Å². The molecule has 34 heavy (non-hydrogen) atoms. The Morgan fingerprint density at radius 3 is 2.68 bits per heavy atom. The lowest BCUT2D eigenvalue weighted by Gasteiger charge is -2.16. The topological polar surface area (TPSA) is 110 Å². The number of ether oxygens (including phenoxy) is 2. The Bertz CT molecular complexity index is 1280. The van der Waals surface area contributed by atoms with Gasteiger partial charge in [0.15, 0.2) is 17.2 Å². The van der Waals surface area contributed by atoms with Gasteiger partial charge in [0.2, 0.25) is 11.7 Å². The highest BCUT2D eigenvalue weighted by Gasteiger charge is 2.17. The van der Waals surface area contributed by atoms with Crippen LogP contribution in [0.4, 0.5) is 5.69 Å². The molecule has 1 atom stereocenters. The summed E-state index contributed by atoms with van der Waals surface area (Å²) in [4.78, 5) is 25.2. The van der Waals surface area contributed by atoms with Crippen LogP contribution in [0.25, 0.3) is 17.0 Å². The first-order chi connectivity index (χ1) is 16.2. The van der Waals surface area contributed by atoms with Crippen molar-refractivity contribution >= 4 is 28.6 Å². The van der Waals surface area contributed by atoms with Gasteiger partial charge in [-0.3, -0.25) is 9.59 Å². The molecular formula is C26H30N2O6. The van der Waals surface area contributed by atoms with Crippen LogP contribution in [0, 0.1) is 5.92 Å². The van der Waals surface area contributed by atoms with Crippen molar-refractivity contribution in [2.75, 3.05) is 19.0 Å². The molecule has 0 aliphatic heterocycles. The molecule has 3 N–H and O–H groups in total. The second kappa shape index (κ2) is 10.8. The van der Waals surface area contributed by atoms with Crippen LogP contribution < -0.4 is 20.3 Å². The van der Waals surface area contributed by atoms with E-state index in [1.807, 2.05) is 6.92 Å². The van der Waals surface area contributed by atoms with Gasteiger partial charge in [-0.1, -0.05) is 26.3 Å². The smallest absolute Gasteiger partial charge is 0.297 e. The van der Waals surface area contributed by atoms with Gasteiger partial charge in [0.1, 0.15) is 0 Å². The van der Waals surface area contributed by atoms with E-state index in [1.165, 1.54) is 23.8 Å². The number of nitrogens with one attached hydrogen (secondary N) is 1. The number of hydrogen-bond acceptors (Lipinski definition) is 6. The lowest BCUT2D eigenvalue weighted by atomic mass is 10.1. The molecule has 0 aliphatic carbocycles. The molecule has 3 aromatic rings. The zero-order chi connectivity index (χ0) is 24.8. The molecule has 8 nitrogen and oxygen atoms in total. The number of amides is 1. The predicted molar refractivity (Wildman–Crippen MR) is 133 cm³/mol. The van der Waals surface area contributed by atoms with Crippen molar-refractivity contribution < 1.29 is 24.5 Å². The molecule has 0 fully saturated rings. The fourth-order valence-corrected chi connectivity index (χ4v) is 3.66. The molecule has 2 aromatic carbocycles. The van der Waals surface area contributed by atoms with E-state index in [0.29, 0.717) is 34.5 Å². The molecule has 8 heteroatoms. The maximum absolute atomic E-state index is 12.8. The quantitative estimate of drug-likeness (QED) is 0.403. The van der Waals surface area contributed by atoms with Crippen molar-refractivity contribution in [3.05, 3.63) is 58.4 Å². The average Bonchev–Trinajstić information content (AvgIpc) is 2.82. The van der Waals surface area contributed by atoms with Crippen LogP contribution in [0.2, 0.25) is 0 Å². The highest BCUT2D eigenvalue weighted by Crippen LogP contribution is 2.33. The zero-order valence-electron chi connectivity index (χ0n) is 19.8.